The first kappa shape index (κ1) is 19.4. The molecule has 2 heterocycles. The van der Waals surface area contributed by atoms with Crippen molar-refractivity contribution < 1.29 is 0 Å². The highest BCUT2D eigenvalue weighted by atomic mass is 14.9. The van der Waals surface area contributed by atoms with Crippen LogP contribution in [0.4, 0.5) is 0 Å². The summed E-state index contributed by atoms with van der Waals surface area (Å²) in [5, 5.41) is 9.11. The third kappa shape index (κ3) is 2.64. The monoisotopic (exact) mass is 458 g/mol. The van der Waals surface area contributed by atoms with Crippen molar-refractivity contribution >= 4 is 65.2 Å². The maximum absolute atomic E-state index is 5.11. The van der Waals surface area contributed by atoms with Gasteiger partial charge in [-0.15, -0.1) is 0 Å². The van der Waals surface area contributed by atoms with E-state index >= 15 is 0 Å². The van der Waals surface area contributed by atoms with Crippen LogP contribution in [0, 0.1) is 0 Å². The van der Waals surface area contributed by atoms with Crippen LogP contribution in [0.3, 0.4) is 0 Å². The van der Waals surface area contributed by atoms with E-state index in [0.29, 0.717) is 0 Å². The van der Waals surface area contributed by atoms with Gasteiger partial charge in [0.05, 0.1) is 34.5 Å². The summed E-state index contributed by atoms with van der Waals surface area (Å²) in [5.74, 6) is 0. The van der Waals surface area contributed by atoms with Gasteiger partial charge in [-0.2, -0.15) is 0 Å². The molecule has 0 radical (unpaired) electrons. The lowest BCUT2D eigenvalue weighted by Crippen LogP contribution is -1.96. The molecule has 0 atom stereocenters. The highest BCUT2D eigenvalue weighted by molar-refractivity contribution is 6.24. The van der Waals surface area contributed by atoms with Crippen molar-refractivity contribution in [1.82, 2.24) is 19.9 Å². The number of aromatic nitrogens is 4. The minimum absolute atomic E-state index is 0.717. The van der Waals surface area contributed by atoms with E-state index in [1.807, 2.05) is 12.4 Å². The molecule has 0 unspecified atom stereocenters. The zero-order chi connectivity index (χ0) is 23.6. The molecule has 4 heteroatoms. The van der Waals surface area contributed by atoms with Gasteiger partial charge in [0.1, 0.15) is 11.4 Å². The van der Waals surface area contributed by atoms with Crippen LogP contribution in [0.5, 0.6) is 0 Å². The first-order valence-electron chi connectivity index (χ1n) is 12.0. The fraction of sp³-hybridized carbons (Fsp3) is 0. The van der Waals surface area contributed by atoms with E-state index in [9.17, 15) is 0 Å². The maximum Gasteiger partial charge on any atom is 0.109 e. The summed E-state index contributed by atoms with van der Waals surface area (Å²) in [7, 11) is 0. The molecule has 0 saturated carbocycles. The van der Waals surface area contributed by atoms with Crippen molar-refractivity contribution in [3.63, 3.8) is 0 Å². The standard InChI is InChI=1S/C32H18N4/c1-5-13-23-19(9-1)21-11-3-7-15-25(21)31-29(23)33-17-27(35-31)28-18-34-30-24-14-6-2-10-20(24)22-12-4-8-16-26(22)32(30)36-28/h1-18H. The summed E-state index contributed by atoms with van der Waals surface area (Å²) in [5.41, 5.74) is 5.00. The van der Waals surface area contributed by atoms with E-state index in [1.165, 1.54) is 21.5 Å². The zero-order valence-corrected chi connectivity index (χ0v) is 19.2. The molecular formula is C32H18N4. The fourth-order valence-electron chi connectivity index (χ4n) is 5.49. The molecule has 0 bridgehead atoms. The van der Waals surface area contributed by atoms with Crippen LogP contribution in [0.2, 0.25) is 0 Å². The highest BCUT2D eigenvalue weighted by Gasteiger charge is 2.15. The summed E-state index contributed by atoms with van der Waals surface area (Å²) in [6.45, 7) is 0. The number of hydrogen-bond donors (Lipinski definition) is 0. The van der Waals surface area contributed by atoms with Gasteiger partial charge >= 0.3 is 0 Å². The van der Waals surface area contributed by atoms with Gasteiger partial charge in [0, 0.05) is 21.5 Å². The lowest BCUT2D eigenvalue weighted by Gasteiger charge is -2.11. The maximum atomic E-state index is 5.11. The molecule has 0 saturated heterocycles. The first-order valence-corrected chi connectivity index (χ1v) is 12.0. The van der Waals surface area contributed by atoms with Gasteiger partial charge in [-0.25, -0.2) is 9.97 Å². The summed E-state index contributed by atoms with van der Waals surface area (Å²) in [6, 6.07) is 33.6. The lowest BCUT2D eigenvalue weighted by atomic mass is 9.99. The molecule has 4 nitrogen and oxygen atoms in total. The van der Waals surface area contributed by atoms with Crippen LogP contribution in [0.1, 0.15) is 0 Å². The second-order valence-electron chi connectivity index (χ2n) is 9.09. The molecule has 8 aromatic rings. The Bertz CT molecular complexity index is 1940. The number of hydrogen-bond acceptors (Lipinski definition) is 4. The van der Waals surface area contributed by atoms with Crippen LogP contribution >= 0.6 is 0 Å². The van der Waals surface area contributed by atoms with Crippen LogP contribution in [-0.4, -0.2) is 19.9 Å². The smallest absolute Gasteiger partial charge is 0.109 e. The zero-order valence-electron chi connectivity index (χ0n) is 19.2. The normalized spacial score (nSPS) is 11.9. The predicted octanol–water partition coefficient (Wildman–Crippen LogP) is 7.85. The van der Waals surface area contributed by atoms with E-state index in [4.69, 9.17) is 19.9 Å². The van der Waals surface area contributed by atoms with Crippen molar-refractivity contribution in [2.24, 2.45) is 0 Å². The summed E-state index contributed by atoms with van der Waals surface area (Å²) in [6.07, 6.45) is 3.64. The molecule has 0 amide bonds. The quantitative estimate of drug-likeness (QED) is 0.235. The van der Waals surface area contributed by atoms with Gasteiger partial charge in [-0.05, 0) is 21.5 Å². The van der Waals surface area contributed by atoms with E-state index in [2.05, 4.69) is 97.1 Å². The second-order valence-corrected chi connectivity index (χ2v) is 9.09. The molecule has 0 fully saturated rings. The minimum Gasteiger partial charge on any atom is -0.252 e. The Morgan fingerprint density at radius 3 is 0.917 bits per heavy atom. The Labute approximate surface area is 205 Å². The van der Waals surface area contributed by atoms with Crippen LogP contribution in [0.25, 0.3) is 76.5 Å². The minimum atomic E-state index is 0.717. The van der Waals surface area contributed by atoms with Crippen molar-refractivity contribution in [2.45, 2.75) is 0 Å². The number of fused-ring (bicyclic) bond motifs is 12. The first-order chi connectivity index (χ1) is 17.9. The van der Waals surface area contributed by atoms with Gasteiger partial charge in [0.2, 0.25) is 0 Å². The fourth-order valence-corrected chi connectivity index (χ4v) is 5.49. The molecule has 2 aromatic heterocycles. The Morgan fingerprint density at radius 1 is 0.306 bits per heavy atom. The second kappa shape index (κ2) is 7.27. The van der Waals surface area contributed by atoms with Gasteiger partial charge in [-0.3, -0.25) is 9.97 Å². The van der Waals surface area contributed by atoms with Crippen LogP contribution in [0.15, 0.2) is 109 Å². The van der Waals surface area contributed by atoms with Gasteiger partial charge in [0.25, 0.3) is 0 Å². The molecule has 0 spiro atoms. The topological polar surface area (TPSA) is 51.6 Å². The largest absolute Gasteiger partial charge is 0.252 e. The Morgan fingerprint density at radius 2 is 0.583 bits per heavy atom. The van der Waals surface area contributed by atoms with Crippen molar-refractivity contribution in [3.05, 3.63) is 109 Å². The third-order valence-electron chi connectivity index (χ3n) is 7.12. The molecule has 36 heavy (non-hydrogen) atoms. The molecule has 8 rings (SSSR count). The van der Waals surface area contributed by atoms with E-state index in [-0.39, 0.29) is 0 Å². The van der Waals surface area contributed by atoms with E-state index in [0.717, 1.165) is 55.0 Å². The molecular weight excluding hydrogens is 440 g/mol. The van der Waals surface area contributed by atoms with E-state index < -0.39 is 0 Å². The number of rotatable bonds is 1. The molecule has 0 aliphatic heterocycles. The van der Waals surface area contributed by atoms with Gasteiger partial charge < -0.3 is 0 Å². The number of nitrogens with zero attached hydrogens (tertiary/aromatic N) is 4. The van der Waals surface area contributed by atoms with E-state index in [1.54, 1.807) is 0 Å². The SMILES string of the molecule is c1ccc2c(c1)c1ccccc1c1nc(-c3cnc4c5ccccc5c5ccccc5c4n3)cnc21. The Hall–Kier alpha value is -4.96. The lowest BCUT2D eigenvalue weighted by molar-refractivity contribution is 1.24. The summed E-state index contributed by atoms with van der Waals surface area (Å²) < 4.78 is 0. The predicted molar refractivity (Wildman–Crippen MR) is 148 cm³/mol. The molecule has 0 aliphatic carbocycles. The van der Waals surface area contributed by atoms with Crippen molar-refractivity contribution in [1.29, 1.82) is 0 Å². The molecule has 0 aliphatic rings. The molecule has 0 N–H and O–H groups in total. The van der Waals surface area contributed by atoms with Gasteiger partial charge in [-0.1, -0.05) is 97.1 Å². The van der Waals surface area contributed by atoms with Crippen LogP contribution < -0.4 is 0 Å². The van der Waals surface area contributed by atoms with Crippen molar-refractivity contribution in [2.75, 3.05) is 0 Å². The summed E-state index contributed by atoms with van der Waals surface area (Å²) >= 11 is 0. The van der Waals surface area contributed by atoms with Crippen LogP contribution in [-0.2, 0) is 0 Å². The Kier molecular flexibility index (Phi) is 3.91. The average molecular weight is 459 g/mol. The number of benzene rings is 6. The molecule has 6 aromatic carbocycles. The highest BCUT2D eigenvalue weighted by Crippen LogP contribution is 2.36. The Balaban J connectivity index is 1.45. The average Bonchev–Trinajstić information content (AvgIpc) is 2.97. The molecule has 166 valence electrons. The van der Waals surface area contributed by atoms with Crippen molar-refractivity contribution in [3.8, 4) is 11.4 Å². The summed E-state index contributed by atoms with van der Waals surface area (Å²) in [4.78, 5) is 20.0. The van der Waals surface area contributed by atoms with Gasteiger partial charge in [0.15, 0.2) is 0 Å². The third-order valence-corrected chi connectivity index (χ3v) is 7.12.